The van der Waals surface area contributed by atoms with E-state index in [0.717, 1.165) is 25.7 Å². The van der Waals surface area contributed by atoms with Crippen LogP contribution in [0.25, 0.3) is 34.2 Å². The lowest BCUT2D eigenvalue weighted by atomic mass is 9.93. The molecule has 0 aliphatic heterocycles. The highest BCUT2D eigenvalue weighted by Gasteiger charge is 2.31. The van der Waals surface area contributed by atoms with E-state index in [-0.39, 0.29) is 40.7 Å². The number of aromatic nitrogens is 6. The van der Waals surface area contributed by atoms with Crippen LogP contribution >= 0.6 is 0 Å². The van der Waals surface area contributed by atoms with E-state index >= 15 is 0 Å². The van der Waals surface area contributed by atoms with Crippen LogP contribution in [-0.2, 0) is 4.74 Å². The predicted molar refractivity (Wildman–Crippen MR) is 120 cm³/mol. The summed E-state index contributed by atoms with van der Waals surface area (Å²) in [6, 6.07) is 0.302. The summed E-state index contributed by atoms with van der Waals surface area (Å²) in [7, 11) is 0. The number of halogens is 3. The standard InChI is InChI=1S/C23H22F3N7O3/c1-2-35-13-5-3-12(4-6-13)33-10-14(17(32-33)18-15(24)7-16(25)21(26)30-18)20-19(22(27)34)31-23(36-20)11-8-28-29-9-11/h7-10,12-13H,2-6H2,1H3,(H2,27,34)(H,28,29). The summed E-state index contributed by atoms with van der Waals surface area (Å²) in [6.45, 7) is 2.56. The molecule has 4 aromatic rings. The van der Waals surface area contributed by atoms with Crippen molar-refractivity contribution in [3.63, 3.8) is 0 Å². The molecule has 0 saturated heterocycles. The van der Waals surface area contributed by atoms with Gasteiger partial charge in [-0.3, -0.25) is 14.6 Å². The first-order chi connectivity index (χ1) is 17.4. The van der Waals surface area contributed by atoms with Gasteiger partial charge >= 0.3 is 0 Å². The molecule has 0 unspecified atom stereocenters. The van der Waals surface area contributed by atoms with E-state index in [1.807, 2.05) is 6.92 Å². The molecule has 0 aromatic carbocycles. The van der Waals surface area contributed by atoms with E-state index in [9.17, 15) is 18.0 Å². The average Bonchev–Trinajstić information content (AvgIpc) is 3.61. The molecule has 1 amide bonds. The fourth-order valence-corrected chi connectivity index (χ4v) is 4.40. The second-order valence-corrected chi connectivity index (χ2v) is 8.40. The van der Waals surface area contributed by atoms with E-state index in [1.54, 1.807) is 10.9 Å². The number of oxazole rings is 1. The Labute approximate surface area is 202 Å². The lowest BCUT2D eigenvalue weighted by Crippen LogP contribution is -2.24. The Kier molecular flexibility index (Phi) is 6.31. The van der Waals surface area contributed by atoms with Gasteiger partial charge in [-0.1, -0.05) is 0 Å². The molecule has 13 heteroatoms. The van der Waals surface area contributed by atoms with Crippen molar-refractivity contribution in [3.05, 3.63) is 47.9 Å². The molecule has 1 saturated carbocycles. The summed E-state index contributed by atoms with van der Waals surface area (Å²) >= 11 is 0. The third-order valence-corrected chi connectivity index (χ3v) is 6.11. The summed E-state index contributed by atoms with van der Waals surface area (Å²) in [5.41, 5.74) is 5.17. The number of rotatable bonds is 7. The summed E-state index contributed by atoms with van der Waals surface area (Å²) in [4.78, 5) is 19.8. The van der Waals surface area contributed by atoms with Crippen LogP contribution in [0.3, 0.4) is 0 Å². The van der Waals surface area contributed by atoms with Gasteiger partial charge in [0.05, 0.1) is 29.5 Å². The second kappa shape index (κ2) is 9.57. The zero-order valence-corrected chi connectivity index (χ0v) is 19.2. The third kappa shape index (κ3) is 4.37. The number of H-pyrrole nitrogens is 1. The zero-order valence-electron chi connectivity index (χ0n) is 19.2. The number of ether oxygens (including phenoxy) is 1. The quantitative estimate of drug-likeness (QED) is 0.365. The molecule has 5 rings (SSSR count). The van der Waals surface area contributed by atoms with Gasteiger partial charge in [0.15, 0.2) is 23.1 Å². The van der Waals surface area contributed by atoms with Crippen molar-refractivity contribution in [2.24, 2.45) is 5.73 Å². The topological polar surface area (TPSA) is 138 Å². The van der Waals surface area contributed by atoms with Crippen molar-refractivity contribution in [2.75, 3.05) is 6.61 Å². The number of carbonyl (C=O) groups is 1. The first-order valence-electron chi connectivity index (χ1n) is 11.4. The molecule has 0 radical (unpaired) electrons. The summed E-state index contributed by atoms with van der Waals surface area (Å²) in [6.07, 6.45) is 7.64. The monoisotopic (exact) mass is 501 g/mol. The number of primary amides is 1. The van der Waals surface area contributed by atoms with Crippen LogP contribution in [0.5, 0.6) is 0 Å². The second-order valence-electron chi connectivity index (χ2n) is 8.40. The molecule has 36 heavy (non-hydrogen) atoms. The van der Waals surface area contributed by atoms with E-state index in [1.165, 1.54) is 12.4 Å². The Balaban J connectivity index is 1.64. The van der Waals surface area contributed by atoms with Gasteiger partial charge in [0.1, 0.15) is 11.4 Å². The fourth-order valence-electron chi connectivity index (χ4n) is 4.40. The van der Waals surface area contributed by atoms with Crippen LogP contribution in [0, 0.1) is 17.6 Å². The number of nitrogens with zero attached hydrogens (tertiary/aromatic N) is 5. The van der Waals surface area contributed by atoms with Crippen molar-refractivity contribution < 1.29 is 27.1 Å². The lowest BCUT2D eigenvalue weighted by molar-refractivity contribution is 0.0260. The minimum atomic E-state index is -1.49. The van der Waals surface area contributed by atoms with Crippen molar-refractivity contribution in [2.45, 2.75) is 44.8 Å². The number of pyridine rings is 1. The maximum absolute atomic E-state index is 14.8. The summed E-state index contributed by atoms with van der Waals surface area (Å²) in [5.74, 6) is -5.04. The smallest absolute Gasteiger partial charge is 0.271 e. The molecule has 188 valence electrons. The zero-order chi connectivity index (χ0) is 25.4. The Hall–Kier alpha value is -4.00. The minimum Gasteiger partial charge on any atom is -0.435 e. The van der Waals surface area contributed by atoms with Gasteiger partial charge in [-0.2, -0.15) is 14.6 Å². The number of nitrogens with one attached hydrogen (secondary N) is 1. The van der Waals surface area contributed by atoms with Gasteiger partial charge in [0.25, 0.3) is 5.91 Å². The molecule has 10 nitrogen and oxygen atoms in total. The highest BCUT2D eigenvalue weighted by Crippen LogP contribution is 2.39. The van der Waals surface area contributed by atoms with Gasteiger partial charge in [-0.15, -0.1) is 0 Å². The van der Waals surface area contributed by atoms with Crippen molar-refractivity contribution in [1.82, 2.24) is 29.9 Å². The normalized spacial score (nSPS) is 18.0. The fraction of sp³-hybridized carbons (Fsp3) is 0.348. The maximum atomic E-state index is 14.8. The molecule has 3 N–H and O–H groups in total. The molecule has 1 aliphatic carbocycles. The highest BCUT2D eigenvalue weighted by atomic mass is 19.2. The van der Waals surface area contributed by atoms with Crippen LogP contribution in [0.1, 0.15) is 49.1 Å². The number of nitrogens with two attached hydrogens (primary N) is 1. The molecule has 0 spiro atoms. The molecule has 1 aliphatic rings. The van der Waals surface area contributed by atoms with Crippen LogP contribution < -0.4 is 5.73 Å². The molecule has 0 bridgehead atoms. The van der Waals surface area contributed by atoms with Gasteiger partial charge in [0, 0.05) is 25.1 Å². The largest absolute Gasteiger partial charge is 0.435 e. The average molecular weight is 501 g/mol. The van der Waals surface area contributed by atoms with Gasteiger partial charge in [-0.25, -0.2) is 18.7 Å². The van der Waals surface area contributed by atoms with Gasteiger partial charge in [-0.05, 0) is 32.6 Å². The van der Waals surface area contributed by atoms with Crippen LogP contribution in [-0.4, -0.2) is 48.6 Å². The van der Waals surface area contributed by atoms with Crippen molar-refractivity contribution in [1.29, 1.82) is 0 Å². The molecule has 1 fully saturated rings. The number of hydrogen-bond donors (Lipinski definition) is 2. The molecule has 4 heterocycles. The van der Waals surface area contributed by atoms with Crippen molar-refractivity contribution in [3.8, 4) is 34.2 Å². The van der Waals surface area contributed by atoms with Crippen LogP contribution in [0.2, 0.25) is 0 Å². The number of carbonyl (C=O) groups excluding carboxylic acids is 1. The molecule has 4 aromatic heterocycles. The minimum absolute atomic E-state index is 0.0298. The molecular weight excluding hydrogens is 479 g/mol. The van der Waals surface area contributed by atoms with Crippen LogP contribution in [0.15, 0.2) is 29.1 Å². The van der Waals surface area contributed by atoms with Crippen molar-refractivity contribution >= 4 is 5.91 Å². The van der Waals surface area contributed by atoms with E-state index in [0.29, 0.717) is 18.2 Å². The molecule has 0 atom stereocenters. The summed E-state index contributed by atoms with van der Waals surface area (Å²) < 4.78 is 55.6. The first-order valence-corrected chi connectivity index (χ1v) is 11.4. The Morgan fingerprint density at radius 2 is 1.97 bits per heavy atom. The Bertz CT molecular complexity index is 1390. The molecular formula is C23H22F3N7O3. The number of hydrogen-bond acceptors (Lipinski definition) is 7. The summed E-state index contributed by atoms with van der Waals surface area (Å²) in [5, 5.41) is 10.9. The Morgan fingerprint density at radius 3 is 2.64 bits per heavy atom. The van der Waals surface area contributed by atoms with Gasteiger partial charge < -0.3 is 14.9 Å². The highest BCUT2D eigenvalue weighted by molar-refractivity contribution is 5.98. The Morgan fingerprint density at radius 1 is 1.19 bits per heavy atom. The van der Waals surface area contributed by atoms with E-state index in [4.69, 9.17) is 14.9 Å². The first kappa shape index (κ1) is 23.7. The predicted octanol–water partition coefficient (Wildman–Crippen LogP) is 4.03. The number of aromatic amines is 1. The maximum Gasteiger partial charge on any atom is 0.271 e. The third-order valence-electron chi connectivity index (χ3n) is 6.11. The van der Waals surface area contributed by atoms with E-state index < -0.39 is 29.2 Å². The SMILES string of the molecule is CCOC1CCC(n2cc(-c3oc(-c4cn[nH]c4)nc3C(N)=O)c(-c3nc(F)c(F)cc3F)n2)CC1. The lowest BCUT2D eigenvalue weighted by Gasteiger charge is -2.28. The van der Waals surface area contributed by atoms with Crippen LogP contribution in [0.4, 0.5) is 13.2 Å². The van der Waals surface area contributed by atoms with E-state index in [2.05, 4.69) is 25.3 Å². The number of amides is 1. The van der Waals surface area contributed by atoms with Gasteiger partial charge in [0.2, 0.25) is 11.8 Å².